The predicted molar refractivity (Wildman–Crippen MR) is 128 cm³/mol. The first kappa shape index (κ1) is 27.3. The van der Waals surface area contributed by atoms with Gasteiger partial charge in [-0.25, -0.2) is 22.0 Å². The third-order valence-electron chi connectivity index (χ3n) is 5.69. The fourth-order valence-electron chi connectivity index (χ4n) is 3.74. The minimum absolute atomic E-state index is 0.00256. The van der Waals surface area contributed by atoms with Crippen molar-refractivity contribution in [1.82, 2.24) is 0 Å². The van der Waals surface area contributed by atoms with Crippen molar-refractivity contribution >= 4 is 0 Å². The van der Waals surface area contributed by atoms with E-state index in [1.54, 1.807) is 48.5 Å². The largest absolute Gasteiger partial charge is 0.484 e. The Labute approximate surface area is 207 Å². The van der Waals surface area contributed by atoms with Gasteiger partial charge in [-0.3, -0.25) is 0 Å². The summed E-state index contributed by atoms with van der Waals surface area (Å²) in [5, 5.41) is 0. The molecule has 0 aliphatic heterocycles. The predicted octanol–water partition coefficient (Wildman–Crippen LogP) is 8.21. The number of halogens is 5. The molecular formula is C28H29F5O3. The Morgan fingerprint density at radius 3 is 2.08 bits per heavy atom. The van der Waals surface area contributed by atoms with E-state index >= 15 is 0 Å². The third-order valence-corrected chi connectivity index (χ3v) is 5.69. The lowest BCUT2D eigenvalue weighted by molar-refractivity contribution is 0.0686. The molecule has 0 radical (unpaired) electrons. The van der Waals surface area contributed by atoms with Crippen molar-refractivity contribution in [3.8, 4) is 23.0 Å². The molecule has 36 heavy (non-hydrogen) atoms. The van der Waals surface area contributed by atoms with Crippen LogP contribution in [0.3, 0.4) is 0 Å². The molecule has 3 aromatic carbocycles. The van der Waals surface area contributed by atoms with Gasteiger partial charge in [-0.1, -0.05) is 44.2 Å². The van der Waals surface area contributed by atoms with Gasteiger partial charge in [0.2, 0.25) is 0 Å². The monoisotopic (exact) mass is 508 g/mol. The number of hydrogen-bond donors (Lipinski definition) is 0. The van der Waals surface area contributed by atoms with Crippen molar-refractivity contribution < 1.29 is 36.2 Å². The molecule has 0 aliphatic carbocycles. The zero-order chi connectivity index (χ0) is 26.1. The molecular weight excluding hydrogens is 479 g/mol. The molecule has 0 saturated carbocycles. The van der Waals surface area contributed by atoms with E-state index in [1.807, 2.05) is 19.9 Å². The Balaban J connectivity index is 1.66. The Morgan fingerprint density at radius 1 is 0.750 bits per heavy atom. The summed E-state index contributed by atoms with van der Waals surface area (Å²) >= 11 is 0. The Bertz CT molecular complexity index is 1100. The highest BCUT2D eigenvalue weighted by molar-refractivity contribution is 5.45. The molecule has 0 fully saturated rings. The Kier molecular flexibility index (Phi) is 9.56. The van der Waals surface area contributed by atoms with E-state index in [4.69, 9.17) is 14.2 Å². The van der Waals surface area contributed by atoms with E-state index in [9.17, 15) is 22.0 Å². The van der Waals surface area contributed by atoms with Crippen LogP contribution in [0.2, 0.25) is 0 Å². The summed E-state index contributed by atoms with van der Waals surface area (Å²) < 4.78 is 80.6. The quantitative estimate of drug-likeness (QED) is 0.218. The van der Waals surface area contributed by atoms with Crippen LogP contribution in [0, 0.1) is 5.82 Å². The number of aryl methyl sites for hydroxylation is 1. The lowest BCUT2D eigenvalue weighted by Gasteiger charge is -2.26. The number of rotatable bonds is 13. The van der Waals surface area contributed by atoms with E-state index in [0.717, 1.165) is 17.5 Å². The molecule has 0 saturated heterocycles. The molecule has 3 aromatic rings. The molecule has 0 bridgehead atoms. The van der Waals surface area contributed by atoms with Crippen LogP contribution in [0.15, 0.2) is 66.7 Å². The smallest absolute Gasteiger partial charge is 0.272 e. The fourth-order valence-corrected chi connectivity index (χ4v) is 3.74. The van der Waals surface area contributed by atoms with Crippen molar-refractivity contribution in [3.63, 3.8) is 0 Å². The maximum atomic E-state index is 14.2. The molecule has 0 amide bonds. The first-order chi connectivity index (χ1) is 17.1. The maximum absolute atomic E-state index is 14.2. The second-order valence-electron chi connectivity index (χ2n) is 8.98. The lowest BCUT2D eigenvalue weighted by atomic mass is 9.79. The average molecular weight is 509 g/mol. The first-order valence-electron chi connectivity index (χ1n) is 11.6. The summed E-state index contributed by atoms with van der Waals surface area (Å²) in [7, 11) is 0. The van der Waals surface area contributed by atoms with Crippen molar-refractivity contribution in [2.75, 3.05) is 13.2 Å². The highest BCUT2D eigenvalue weighted by Gasteiger charge is 2.23. The van der Waals surface area contributed by atoms with Crippen molar-refractivity contribution in [2.45, 2.75) is 51.4 Å². The highest BCUT2D eigenvalue weighted by Crippen LogP contribution is 2.37. The minimum atomic E-state index is -2.71. The molecule has 0 heterocycles. The molecule has 0 spiro atoms. The van der Waals surface area contributed by atoms with Gasteiger partial charge in [-0.2, -0.15) is 0 Å². The zero-order valence-corrected chi connectivity index (χ0v) is 20.2. The molecule has 3 nitrogen and oxygen atoms in total. The van der Waals surface area contributed by atoms with Crippen LogP contribution in [-0.2, 0) is 11.8 Å². The molecule has 0 aromatic heterocycles. The van der Waals surface area contributed by atoms with Crippen LogP contribution >= 0.6 is 0 Å². The average Bonchev–Trinajstić information content (AvgIpc) is 2.84. The van der Waals surface area contributed by atoms with Gasteiger partial charge in [-0.15, -0.1) is 0 Å². The number of alkyl halides is 4. The molecule has 3 rings (SSSR count). The lowest BCUT2D eigenvalue weighted by Crippen LogP contribution is -2.18. The Hall–Kier alpha value is -3.29. The normalized spacial score (nSPS) is 11.7. The maximum Gasteiger partial charge on any atom is 0.272 e. The minimum Gasteiger partial charge on any atom is -0.484 e. The van der Waals surface area contributed by atoms with Crippen molar-refractivity contribution in [3.05, 3.63) is 83.7 Å². The van der Waals surface area contributed by atoms with Gasteiger partial charge in [0.1, 0.15) is 19.0 Å². The second kappa shape index (κ2) is 12.6. The van der Waals surface area contributed by atoms with Gasteiger partial charge in [0.15, 0.2) is 23.1 Å². The van der Waals surface area contributed by atoms with Crippen LogP contribution in [-0.4, -0.2) is 26.1 Å². The summed E-state index contributed by atoms with van der Waals surface area (Å²) in [6, 6.07) is 18.5. The van der Waals surface area contributed by atoms with Crippen molar-refractivity contribution in [1.29, 1.82) is 0 Å². The van der Waals surface area contributed by atoms with E-state index in [-0.39, 0.29) is 22.7 Å². The van der Waals surface area contributed by atoms with E-state index in [2.05, 4.69) is 0 Å². The molecule has 0 aliphatic rings. The first-order valence-corrected chi connectivity index (χ1v) is 11.6. The van der Waals surface area contributed by atoms with Gasteiger partial charge in [0.05, 0.1) is 0 Å². The standard InChI is InChI=1S/C28H29F5O3/c1-28(2,20-11-13-23(34-17-26(30)31)25(16-20)35-18-27(32)33)14-6-7-19-10-12-22(29)24(15-19)36-21-8-4-3-5-9-21/h3-5,8-13,15-16,26-27H,6-7,14,17-18H2,1-2H3. The van der Waals surface area contributed by atoms with Crippen molar-refractivity contribution in [2.24, 2.45) is 0 Å². The van der Waals surface area contributed by atoms with Crippen LogP contribution in [0.5, 0.6) is 23.0 Å². The van der Waals surface area contributed by atoms with Gasteiger partial charge >= 0.3 is 0 Å². The van der Waals surface area contributed by atoms with E-state index < -0.39 is 31.9 Å². The molecule has 0 atom stereocenters. The molecule has 194 valence electrons. The van der Waals surface area contributed by atoms with Gasteiger partial charge in [0, 0.05) is 0 Å². The third kappa shape index (κ3) is 8.14. The van der Waals surface area contributed by atoms with E-state index in [1.165, 1.54) is 12.1 Å². The summed E-state index contributed by atoms with van der Waals surface area (Å²) in [6.45, 7) is 2.26. The van der Waals surface area contributed by atoms with Crippen LogP contribution in [0.25, 0.3) is 0 Å². The topological polar surface area (TPSA) is 27.7 Å². The van der Waals surface area contributed by atoms with E-state index in [0.29, 0.717) is 18.6 Å². The highest BCUT2D eigenvalue weighted by atomic mass is 19.3. The fraction of sp³-hybridized carbons (Fsp3) is 0.357. The second-order valence-corrected chi connectivity index (χ2v) is 8.98. The van der Waals surface area contributed by atoms with Gasteiger partial charge < -0.3 is 14.2 Å². The van der Waals surface area contributed by atoms with Gasteiger partial charge in [-0.05, 0) is 72.2 Å². The number of para-hydroxylation sites is 1. The summed E-state index contributed by atoms with van der Waals surface area (Å²) in [5.41, 5.74) is 1.33. The van der Waals surface area contributed by atoms with Gasteiger partial charge in [0.25, 0.3) is 12.9 Å². The molecule has 8 heteroatoms. The van der Waals surface area contributed by atoms with Crippen LogP contribution in [0.1, 0.15) is 37.8 Å². The number of hydrogen-bond acceptors (Lipinski definition) is 3. The molecule has 0 unspecified atom stereocenters. The van der Waals surface area contributed by atoms with Crippen LogP contribution in [0.4, 0.5) is 22.0 Å². The summed E-state index contributed by atoms with van der Waals surface area (Å²) in [5.74, 6) is 0.239. The summed E-state index contributed by atoms with van der Waals surface area (Å²) in [6.07, 6.45) is -3.28. The number of benzene rings is 3. The Morgan fingerprint density at radius 2 is 1.42 bits per heavy atom. The van der Waals surface area contributed by atoms with Crippen LogP contribution < -0.4 is 14.2 Å². The SMILES string of the molecule is CC(C)(CCCc1ccc(F)c(Oc2ccccc2)c1)c1ccc(OCC(F)F)c(OCC(F)F)c1. The molecule has 0 N–H and O–H groups in total. The summed E-state index contributed by atoms with van der Waals surface area (Å²) in [4.78, 5) is 0. The number of ether oxygens (including phenoxy) is 3. The zero-order valence-electron chi connectivity index (χ0n) is 20.2.